The molecule has 0 radical (unpaired) electrons. The van der Waals surface area contributed by atoms with E-state index >= 15 is 0 Å². The zero-order chi connectivity index (χ0) is 8.27. The van der Waals surface area contributed by atoms with Crippen LogP contribution in [0.5, 0.6) is 5.75 Å². The number of phenolic OH excluding ortho intramolecular Hbond substituents is 1. The van der Waals surface area contributed by atoms with Crippen molar-refractivity contribution in [2.45, 2.75) is 13.8 Å². The van der Waals surface area contributed by atoms with Crippen molar-refractivity contribution in [3.8, 4) is 5.75 Å². The van der Waals surface area contributed by atoms with Gasteiger partial charge in [-0.2, -0.15) is 0 Å². The molecule has 0 aliphatic rings. The van der Waals surface area contributed by atoms with E-state index in [-0.39, 0.29) is 0 Å². The van der Waals surface area contributed by atoms with Gasteiger partial charge < -0.3 is 10.4 Å². The van der Waals surface area contributed by atoms with Crippen LogP contribution in [0.3, 0.4) is 0 Å². The fraction of sp³-hybridized carbons (Fsp3) is 0.333. The maximum absolute atomic E-state index is 9.18. The highest BCUT2D eigenvalue weighted by molar-refractivity contribution is 5.50. The Hall–Kier alpha value is -1.18. The highest BCUT2D eigenvalue weighted by Crippen LogP contribution is 2.19. The molecule has 0 heterocycles. The maximum atomic E-state index is 9.18. The minimum atomic E-state index is 0.353. The van der Waals surface area contributed by atoms with Gasteiger partial charge in [-0.3, -0.25) is 0 Å². The van der Waals surface area contributed by atoms with Crippen LogP contribution in [0.15, 0.2) is 18.2 Å². The number of hydrogen-bond acceptors (Lipinski definition) is 2. The number of hydrogen-bond donors (Lipinski definition) is 2. The van der Waals surface area contributed by atoms with Gasteiger partial charge in [-0.1, -0.05) is 0 Å². The Morgan fingerprint density at radius 1 is 1.45 bits per heavy atom. The van der Waals surface area contributed by atoms with Crippen LogP contribution in [0.4, 0.5) is 5.69 Å². The number of benzene rings is 1. The van der Waals surface area contributed by atoms with Crippen LogP contribution in [-0.4, -0.2) is 11.7 Å². The van der Waals surface area contributed by atoms with Crippen LogP contribution in [-0.2, 0) is 0 Å². The second kappa shape index (κ2) is 3.28. The van der Waals surface area contributed by atoms with E-state index in [0.29, 0.717) is 5.75 Å². The zero-order valence-electron chi connectivity index (χ0n) is 6.89. The van der Waals surface area contributed by atoms with E-state index in [4.69, 9.17) is 0 Å². The summed E-state index contributed by atoms with van der Waals surface area (Å²) in [5, 5.41) is 12.3. The number of nitrogens with one attached hydrogen (secondary N) is 1. The summed E-state index contributed by atoms with van der Waals surface area (Å²) in [4.78, 5) is 0. The largest absolute Gasteiger partial charge is 0.508 e. The number of anilines is 1. The molecule has 60 valence electrons. The van der Waals surface area contributed by atoms with Gasteiger partial charge in [0.25, 0.3) is 0 Å². The van der Waals surface area contributed by atoms with E-state index in [0.717, 1.165) is 17.8 Å². The molecule has 0 aliphatic carbocycles. The predicted molar refractivity (Wildman–Crippen MR) is 47.0 cm³/mol. The van der Waals surface area contributed by atoms with Crippen molar-refractivity contribution in [1.82, 2.24) is 0 Å². The molecule has 0 aliphatic heterocycles. The summed E-state index contributed by atoms with van der Waals surface area (Å²) >= 11 is 0. The van der Waals surface area contributed by atoms with Crippen molar-refractivity contribution in [3.63, 3.8) is 0 Å². The molecule has 2 N–H and O–H groups in total. The molecule has 0 bridgehead atoms. The first-order chi connectivity index (χ1) is 5.24. The van der Waals surface area contributed by atoms with Crippen molar-refractivity contribution >= 4 is 5.69 Å². The topological polar surface area (TPSA) is 32.3 Å². The smallest absolute Gasteiger partial charge is 0.118 e. The van der Waals surface area contributed by atoms with E-state index in [1.807, 2.05) is 26.0 Å². The summed E-state index contributed by atoms with van der Waals surface area (Å²) in [5.41, 5.74) is 1.96. The molecule has 1 rings (SSSR count). The fourth-order valence-electron chi connectivity index (χ4n) is 0.970. The van der Waals surface area contributed by atoms with Crippen LogP contribution in [0.2, 0.25) is 0 Å². The van der Waals surface area contributed by atoms with Crippen LogP contribution >= 0.6 is 0 Å². The van der Waals surface area contributed by atoms with Crippen LogP contribution < -0.4 is 5.32 Å². The quantitative estimate of drug-likeness (QED) is 0.634. The lowest BCUT2D eigenvalue weighted by molar-refractivity contribution is 0.471. The molecule has 0 saturated carbocycles. The maximum Gasteiger partial charge on any atom is 0.118 e. The van der Waals surface area contributed by atoms with Gasteiger partial charge in [-0.15, -0.1) is 0 Å². The van der Waals surface area contributed by atoms with Crippen LogP contribution in [0, 0.1) is 6.92 Å². The number of phenols is 1. The summed E-state index contributed by atoms with van der Waals surface area (Å²) in [7, 11) is 0. The summed E-state index contributed by atoms with van der Waals surface area (Å²) in [6.07, 6.45) is 0. The van der Waals surface area contributed by atoms with E-state index in [2.05, 4.69) is 5.32 Å². The Bertz CT molecular complexity index is 245. The third-order valence-corrected chi connectivity index (χ3v) is 1.58. The van der Waals surface area contributed by atoms with E-state index < -0.39 is 0 Å². The molecule has 11 heavy (non-hydrogen) atoms. The molecule has 2 nitrogen and oxygen atoms in total. The molecule has 0 atom stereocenters. The SMILES string of the molecule is CCNc1ccc(O)c(C)c1. The third-order valence-electron chi connectivity index (χ3n) is 1.58. The summed E-state index contributed by atoms with van der Waals surface area (Å²) < 4.78 is 0. The minimum Gasteiger partial charge on any atom is -0.508 e. The van der Waals surface area contributed by atoms with Gasteiger partial charge in [-0.05, 0) is 37.6 Å². The number of rotatable bonds is 2. The van der Waals surface area contributed by atoms with E-state index in [1.165, 1.54) is 0 Å². The van der Waals surface area contributed by atoms with Crippen molar-refractivity contribution in [2.24, 2.45) is 0 Å². The minimum absolute atomic E-state index is 0.353. The lowest BCUT2D eigenvalue weighted by atomic mass is 10.2. The Labute approximate surface area is 66.9 Å². The Morgan fingerprint density at radius 2 is 2.18 bits per heavy atom. The summed E-state index contributed by atoms with van der Waals surface area (Å²) in [6.45, 7) is 4.84. The molecule has 1 aromatic carbocycles. The lowest BCUT2D eigenvalue weighted by Crippen LogP contribution is -1.95. The molecule has 0 spiro atoms. The molecule has 1 aromatic rings. The average Bonchev–Trinajstić information content (AvgIpc) is 1.98. The van der Waals surface area contributed by atoms with Gasteiger partial charge in [0, 0.05) is 12.2 Å². The molecule has 0 fully saturated rings. The first kappa shape index (κ1) is 7.92. The van der Waals surface area contributed by atoms with Gasteiger partial charge >= 0.3 is 0 Å². The summed E-state index contributed by atoms with van der Waals surface area (Å²) in [6, 6.07) is 5.50. The molecular weight excluding hydrogens is 138 g/mol. The van der Waals surface area contributed by atoms with Crippen LogP contribution in [0.25, 0.3) is 0 Å². The predicted octanol–water partition coefficient (Wildman–Crippen LogP) is 2.13. The van der Waals surface area contributed by atoms with Gasteiger partial charge in [0.15, 0.2) is 0 Å². The van der Waals surface area contributed by atoms with Gasteiger partial charge in [-0.25, -0.2) is 0 Å². The Morgan fingerprint density at radius 3 is 2.73 bits per heavy atom. The summed E-state index contributed by atoms with van der Waals surface area (Å²) in [5.74, 6) is 0.353. The molecule has 0 saturated heterocycles. The van der Waals surface area contributed by atoms with E-state index in [9.17, 15) is 5.11 Å². The third kappa shape index (κ3) is 1.87. The molecule has 0 aromatic heterocycles. The fourth-order valence-corrected chi connectivity index (χ4v) is 0.970. The average molecular weight is 151 g/mol. The van der Waals surface area contributed by atoms with Crippen molar-refractivity contribution in [3.05, 3.63) is 23.8 Å². The molecule has 0 amide bonds. The van der Waals surface area contributed by atoms with Crippen molar-refractivity contribution in [2.75, 3.05) is 11.9 Å². The first-order valence-corrected chi connectivity index (χ1v) is 3.77. The molecular formula is C9H13NO. The Balaban J connectivity index is 2.86. The van der Waals surface area contributed by atoms with Crippen molar-refractivity contribution < 1.29 is 5.11 Å². The standard InChI is InChI=1S/C9H13NO/c1-3-10-8-4-5-9(11)7(2)6-8/h4-6,10-11H,3H2,1-2H3. The van der Waals surface area contributed by atoms with Gasteiger partial charge in [0.2, 0.25) is 0 Å². The Kier molecular flexibility index (Phi) is 2.36. The van der Waals surface area contributed by atoms with Crippen molar-refractivity contribution in [1.29, 1.82) is 0 Å². The zero-order valence-corrected chi connectivity index (χ0v) is 6.89. The highest BCUT2D eigenvalue weighted by Gasteiger charge is 1.95. The normalized spacial score (nSPS) is 9.64. The monoisotopic (exact) mass is 151 g/mol. The first-order valence-electron chi connectivity index (χ1n) is 3.77. The second-order valence-corrected chi connectivity index (χ2v) is 2.53. The van der Waals surface area contributed by atoms with Gasteiger partial charge in [0.05, 0.1) is 0 Å². The highest BCUT2D eigenvalue weighted by atomic mass is 16.3. The molecule has 0 unspecified atom stereocenters. The second-order valence-electron chi connectivity index (χ2n) is 2.53. The molecule has 2 heteroatoms. The van der Waals surface area contributed by atoms with Gasteiger partial charge in [0.1, 0.15) is 5.75 Å². The lowest BCUT2D eigenvalue weighted by Gasteiger charge is -2.04. The van der Waals surface area contributed by atoms with Crippen LogP contribution in [0.1, 0.15) is 12.5 Å². The van der Waals surface area contributed by atoms with E-state index in [1.54, 1.807) is 6.07 Å². The number of aryl methyl sites for hydroxylation is 1. The number of aromatic hydroxyl groups is 1.